The summed E-state index contributed by atoms with van der Waals surface area (Å²) in [7, 11) is 1.94. The van der Waals surface area contributed by atoms with Crippen LogP contribution < -0.4 is 0 Å². The number of rotatable bonds is 1. The molecule has 0 saturated carbocycles. The standard InChI is InChI=1S/C10H12.C4H6N2.2C2H6/c1-9(2)8-10-6-4-3-5-7-10;1-6-3-2-5-4-6;2*1-2/h3-8H,1-2H3;2-4H,1H3;2*1-2H3. The average Bonchev–Trinajstić information content (AvgIpc) is 2.95. The molecular weight excluding hydrogens is 244 g/mol. The number of aryl methyl sites for hydroxylation is 1. The van der Waals surface area contributed by atoms with Crippen LogP contribution in [0, 0.1) is 0 Å². The zero-order valence-electron chi connectivity index (χ0n) is 14.1. The Labute approximate surface area is 125 Å². The van der Waals surface area contributed by atoms with Gasteiger partial charge in [0, 0.05) is 19.4 Å². The molecule has 2 aromatic rings. The minimum absolute atomic E-state index is 1.28. The van der Waals surface area contributed by atoms with Crippen molar-refractivity contribution in [3.8, 4) is 0 Å². The van der Waals surface area contributed by atoms with Gasteiger partial charge in [-0.2, -0.15) is 0 Å². The Morgan fingerprint density at radius 3 is 1.85 bits per heavy atom. The quantitative estimate of drug-likeness (QED) is 0.663. The lowest BCUT2D eigenvalue weighted by atomic mass is 10.2. The van der Waals surface area contributed by atoms with Gasteiger partial charge >= 0.3 is 0 Å². The van der Waals surface area contributed by atoms with Gasteiger partial charge in [-0.3, -0.25) is 0 Å². The van der Waals surface area contributed by atoms with Gasteiger partial charge in [0.2, 0.25) is 0 Å². The Morgan fingerprint density at radius 2 is 1.55 bits per heavy atom. The number of imidazole rings is 1. The third kappa shape index (κ3) is 12.6. The van der Waals surface area contributed by atoms with E-state index in [0.29, 0.717) is 0 Å². The van der Waals surface area contributed by atoms with Gasteiger partial charge in [-0.25, -0.2) is 4.98 Å². The van der Waals surface area contributed by atoms with E-state index >= 15 is 0 Å². The smallest absolute Gasteiger partial charge is 0.0943 e. The summed E-state index contributed by atoms with van der Waals surface area (Å²) in [5.41, 5.74) is 2.62. The molecule has 1 aromatic heterocycles. The Kier molecular flexibility index (Phi) is 15.6. The van der Waals surface area contributed by atoms with Crippen molar-refractivity contribution in [1.29, 1.82) is 0 Å². The molecule has 0 N–H and O–H groups in total. The monoisotopic (exact) mass is 274 g/mol. The zero-order chi connectivity index (χ0) is 15.8. The molecule has 2 heteroatoms. The molecule has 0 aliphatic rings. The number of aromatic nitrogens is 2. The third-order valence-electron chi connectivity index (χ3n) is 1.89. The van der Waals surface area contributed by atoms with E-state index in [0.717, 1.165) is 0 Å². The highest BCUT2D eigenvalue weighted by atomic mass is 15.0. The summed E-state index contributed by atoms with van der Waals surface area (Å²) in [5, 5.41) is 0. The lowest BCUT2D eigenvalue weighted by Crippen LogP contribution is -1.76. The summed E-state index contributed by atoms with van der Waals surface area (Å²) < 4.78 is 1.89. The van der Waals surface area contributed by atoms with E-state index in [4.69, 9.17) is 0 Å². The Balaban J connectivity index is 0. The van der Waals surface area contributed by atoms with Crippen LogP contribution in [0.3, 0.4) is 0 Å². The van der Waals surface area contributed by atoms with E-state index in [1.54, 1.807) is 12.5 Å². The molecule has 0 fully saturated rings. The molecule has 0 aliphatic heterocycles. The molecule has 0 aliphatic carbocycles. The van der Waals surface area contributed by atoms with Gasteiger partial charge in [-0.1, -0.05) is 69.7 Å². The highest BCUT2D eigenvalue weighted by Crippen LogP contribution is 2.04. The minimum atomic E-state index is 1.28. The van der Waals surface area contributed by atoms with E-state index < -0.39 is 0 Å². The molecule has 1 heterocycles. The van der Waals surface area contributed by atoms with Crippen molar-refractivity contribution < 1.29 is 0 Å². The molecule has 0 spiro atoms. The maximum Gasteiger partial charge on any atom is 0.0943 e. The minimum Gasteiger partial charge on any atom is -0.341 e. The first-order valence-corrected chi connectivity index (χ1v) is 7.30. The van der Waals surface area contributed by atoms with Crippen LogP contribution in [0.4, 0.5) is 0 Å². The Morgan fingerprint density at radius 1 is 1.00 bits per heavy atom. The van der Waals surface area contributed by atoms with Gasteiger partial charge in [0.05, 0.1) is 6.33 Å². The molecule has 0 radical (unpaired) electrons. The average molecular weight is 274 g/mol. The fraction of sp³-hybridized carbons (Fsp3) is 0.389. The molecule has 1 aromatic carbocycles. The van der Waals surface area contributed by atoms with E-state index in [2.05, 4.69) is 49.2 Å². The van der Waals surface area contributed by atoms with Crippen molar-refractivity contribution >= 4 is 6.08 Å². The second-order valence-electron chi connectivity index (χ2n) is 3.86. The van der Waals surface area contributed by atoms with Gasteiger partial charge in [0.1, 0.15) is 0 Å². The number of nitrogens with zero attached hydrogens (tertiary/aromatic N) is 2. The molecule has 0 saturated heterocycles. The summed E-state index contributed by atoms with van der Waals surface area (Å²) in [6.45, 7) is 12.2. The second kappa shape index (κ2) is 15.2. The van der Waals surface area contributed by atoms with Crippen molar-refractivity contribution in [3.63, 3.8) is 0 Å². The molecule has 20 heavy (non-hydrogen) atoms. The summed E-state index contributed by atoms with van der Waals surface area (Å²) in [4.78, 5) is 3.78. The SMILES string of the molecule is CC.CC.CC(C)=Cc1ccccc1.Cn1ccnc1. The topological polar surface area (TPSA) is 17.8 Å². The fourth-order valence-electron chi connectivity index (χ4n) is 1.21. The van der Waals surface area contributed by atoms with Crippen LogP contribution in [0.15, 0.2) is 54.6 Å². The molecule has 0 unspecified atom stereocenters. The van der Waals surface area contributed by atoms with Crippen LogP contribution in [0.1, 0.15) is 47.1 Å². The van der Waals surface area contributed by atoms with Crippen LogP contribution in [0.5, 0.6) is 0 Å². The highest BCUT2D eigenvalue weighted by molar-refractivity contribution is 5.51. The molecule has 112 valence electrons. The molecular formula is C18H30N2. The molecule has 0 amide bonds. The van der Waals surface area contributed by atoms with Gasteiger partial charge in [0.15, 0.2) is 0 Å². The van der Waals surface area contributed by atoms with Crippen molar-refractivity contribution in [1.82, 2.24) is 9.55 Å². The van der Waals surface area contributed by atoms with Crippen LogP contribution >= 0.6 is 0 Å². The van der Waals surface area contributed by atoms with E-state index in [-0.39, 0.29) is 0 Å². The molecule has 2 nitrogen and oxygen atoms in total. The molecule has 0 bridgehead atoms. The predicted octanol–water partition coefficient (Wildman–Crippen LogP) is 5.58. The third-order valence-corrected chi connectivity index (χ3v) is 1.89. The lowest BCUT2D eigenvalue weighted by molar-refractivity contribution is 0.913. The number of hydrogen-bond acceptors (Lipinski definition) is 1. The molecule has 0 atom stereocenters. The van der Waals surface area contributed by atoms with E-state index in [1.807, 2.05) is 51.6 Å². The molecule has 2 rings (SSSR count). The normalized spacial score (nSPS) is 7.75. The van der Waals surface area contributed by atoms with Crippen molar-refractivity contribution in [2.45, 2.75) is 41.5 Å². The van der Waals surface area contributed by atoms with Crippen molar-refractivity contribution in [2.75, 3.05) is 0 Å². The van der Waals surface area contributed by atoms with Crippen molar-refractivity contribution in [3.05, 3.63) is 60.2 Å². The summed E-state index contributed by atoms with van der Waals surface area (Å²) >= 11 is 0. The van der Waals surface area contributed by atoms with Crippen LogP contribution in [0.2, 0.25) is 0 Å². The Bertz CT molecular complexity index is 410. The van der Waals surface area contributed by atoms with Gasteiger partial charge in [-0.15, -0.1) is 0 Å². The van der Waals surface area contributed by atoms with Gasteiger partial charge in [-0.05, 0) is 19.4 Å². The fourth-order valence-corrected chi connectivity index (χ4v) is 1.21. The van der Waals surface area contributed by atoms with Gasteiger partial charge in [0.25, 0.3) is 0 Å². The maximum absolute atomic E-state index is 3.78. The van der Waals surface area contributed by atoms with E-state index in [1.165, 1.54) is 11.1 Å². The number of allylic oxidation sites excluding steroid dienone is 1. The summed E-state index contributed by atoms with van der Waals surface area (Å²) in [5.74, 6) is 0. The summed E-state index contributed by atoms with van der Waals surface area (Å²) in [6, 6.07) is 10.3. The Hall–Kier alpha value is -1.83. The first-order chi connectivity index (χ1) is 9.68. The van der Waals surface area contributed by atoms with Crippen LogP contribution in [-0.2, 0) is 7.05 Å². The van der Waals surface area contributed by atoms with Gasteiger partial charge < -0.3 is 4.57 Å². The van der Waals surface area contributed by atoms with Crippen LogP contribution in [0.25, 0.3) is 6.08 Å². The van der Waals surface area contributed by atoms with E-state index in [9.17, 15) is 0 Å². The first-order valence-electron chi connectivity index (χ1n) is 7.30. The van der Waals surface area contributed by atoms with Crippen LogP contribution in [-0.4, -0.2) is 9.55 Å². The number of benzene rings is 1. The van der Waals surface area contributed by atoms with Crippen molar-refractivity contribution in [2.24, 2.45) is 7.05 Å². The summed E-state index contributed by atoms with van der Waals surface area (Å²) in [6.07, 6.45) is 7.56. The lowest BCUT2D eigenvalue weighted by Gasteiger charge is -1.91. The first kappa shape index (κ1) is 20.5. The maximum atomic E-state index is 3.78. The zero-order valence-corrected chi connectivity index (χ0v) is 14.1. The largest absolute Gasteiger partial charge is 0.341 e. The predicted molar refractivity (Wildman–Crippen MR) is 91.7 cm³/mol. The second-order valence-corrected chi connectivity index (χ2v) is 3.86. The number of hydrogen-bond donors (Lipinski definition) is 0. The highest BCUT2D eigenvalue weighted by Gasteiger charge is 1.82.